The topological polar surface area (TPSA) is 84.5 Å². The van der Waals surface area contributed by atoms with Crippen molar-refractivity contribution in [2.24, 2.45) is 0 Å². The second-order valence-electron chi connectivity index (χ2n) is 6.82. The average molecular weight is 413 g/mol. The van der Waals surface area contributed by atoms with Crippen LogP contribution in [0, 0.1) is 0 Å². The molecule has 0 saturated heterocycles. The van der Waals surface area contributed by atoms with Gasteiger partial charge in [0.05, 0.1) is 17.3 Å². The van der Waals surface area contributed by atoms with E-state index >= 15 is 0 Å². The number of hydrogen-bond acceptors (Lipinski definition) is 5. The fourth-order valence-electron chi connectivity index (χ4n) is 2.97. The molecule has 0 spiro atoms. The molecule has 2 aromatic rings. The molecule has 2 N–H and O–H groups in total. The van der Waals surface area contributed by atoms with Crippen molar-refractivity contribution >= 4 is 35.2 Å². The summed E-state index contributed by atoms with van der Waals surface area (Å²) in [7, 11) is 0. The van der Waals surface area contributed by atoms with Gasteiger partial charge in [0.2, 0.25) is 5.91 Å². The van der Waals surface area contributed by atoms with E-state index in [1.54, 1.807) is 30.0 Å². The van der Waals surface area contributed by atoms with E-state index in [1.165, 1.54) is 5.56 Å². The Hall–Kier alpha value is -2.80. The summed E-state index contributed by atoms with van der Waals surface area (Å²) in [6.45, 7) is 3.60. The molecule has 0 aromatic heterocycles. The molecule has 0 aliphatic carbocycles. The number of carbonyl (C=O) groups is 3. The van der Waals surface area contributed by atoms with Gasteiger partial charge in [-0.25, -0.2) is 4.79 Å². The Morgan fingerprint density at radius 3 is 2.69 bits per heavy atom. The standard InChI is InChI=1S/C22H24N2O4S/c1-3-15-4-6-16(7-5-15)14(2)23-21(26)13-28-22(27)17-8-9-19-18(12-17)24-20(25)10-11-29-19/h4-9,12,14H,3,10-11,13H2,1-2H3,(H,23,26)(H,24,25)/t14-/m0/s1. The zero-order chi connectivity index (χ0) is 20.8. The Balaban J connectivity index is 1.54. The van der Waals surface area contributed by atoms with Crippen LogP contribution >= 0.6 is 11.8 Å². The minimum atomic E-state index is -0.605. The minimum Gasteiger partial charge on any atom is -0.452 e. The maximum atomic E-state index is 12.3. The highest BCUT2D eigenvalue weighted by Crippen LogP contribution is 2.31. The molecule has 1 heterocycles. The molecule has 6 nitrogen and oxygen atoms in total. The first kappa shape index (κ1) is 20.9. The van der Waals surface area contributed by atoms with Crippen molar-refractivity contribution in [3.05, 3.63) is 59.2 Å². The van der Waals surface area contributed by atoms with Gasteiger partial charge in [0.1, 0.15) is 0 Å². The second-order valence-corrected chi connectivity index (χ2v) is 7.95. The van der Waals surface area contributed by atoms with Crippen molar-refractivity contribution in [1.29, 1.82) is 0 Å². The Morgan fingerprint density at radius 2 is 1.97 bits per heavy atom. The highest BCUT2D eigenvalue weighted by Gasteiger charge is 2.17. The lowest BCUT2D eigenvalue weighted by Gasteiger charge is -2.15. The zero-order valence-electron chi connectivity index (χ0n) is 16.5. The summed E-state index contributed by atoms with van der Waals surface area (Å²) in [5, 5.41) is 5.62. The van der Waals surface area contributed by atoms with Crippen LogP contribution in [0.2, 0.25) is 0 Å². The van der Waals surface area contributed by atoms with E-state index in [2.05, 4.69) is 17.6 Å². The van der Waals surface area contributed by atoms with Gasteiger partial charge in [-0.05, 0) is 42.7 Å². The maximum Gasteiger partial charge on any atom is 0.338 e. The normalized spacial score (nSPS) is 14.2. The van der Waals surface area contributed by atoms with Crippen LogP contribution < -0.4 is 10.6 Å². The van der Waals surface area contributed by atoms with Gasteiger partial charge >= 0.3 is 5.97 Å². The molecule has 7 heteroatoms. The highest BCUT2D eigenvalue weighted by atomic mass is 32.2. The predicted octanol–water partition coefficient (Wildman–Crippen LogP) is 3.72. The lowest BCUT2D eigenvalue weighted by atomic mass is 10.1. The van der Waals surface area contributed by atoms with Crippen LogP contribution in [-0.2, 0) is 20.7 Å². The zero-order valence-corrected chi connectivity index (χ0v) is 17.3. The van der Waals surface area contributed by atoms with E-state index in [0.717, 1.165) is 16.9 Å². The molecular formula is C22H24N2O4S. The van der Waals surface area contributed by atoms with E-state index in [4.69, 9.17) is 4.74 Å². The molecule has 3 rings (SSSR count). The molecule has 29 heavy (non-hydrogen) atoms. The number of ether oxygens (including phenoxy) is 1. The highest BCUT2D eigenvalue weighted by molar-refractivity contribution is 7.99. The number of esters is 1. The third kappa shape index (κ3) is 5.60. The van der Waals surface area contributed by atoms with E-state index in [9.17, 15) is 14.4 Å². The van der Waals surface area contributed by atoms with Crippen molar-refractivity contribution in [3.63, 3.8) is 0 Å². The first-order valence-corrected chi connectivity index (χ1v) is 10.6. The number of carbonyl (C=O) groups excluding carboxylic acids is 3. The van der Waals surface area contributed by atoms with Crippen molar-refractivity contribution in [1.82, 2.24) is 5.32 Å². The van der Waals surface area contributed by atoms with Crippen LogP contribution in [0.25, 0.3) is 0 Å². The molecule has 152 valence electrons. The van der Waals surface area contributed by atoms with E-state index in [1.807, 2.05) is 31.2 Å². The van der Waals surface area contributed by atoms with Crippen LogP contribution in [-0.4, -0.2) is 30.1 Å². The van der Waals surface area contributed by atoms with Crippen LogP contribution in [0.4, 0.5) is 5.69 Å². The van der Waals surface area contributed by atoms with Crippen molar-refractivity contribution in [3.8, 4) is 0 Å². The van der Waals surface area contributed by atoms with Gasteiger partial charge in [-0.1, -0.05) is 31.2 Å². The van der Waals surface area contributed by atoms with Crippen molar-refractivity contribution in [2.75, 3.05) is 17.7 Å². The number of thioether (sulfide) groups is 1. The molecule has 0 fully saturated rings. The van der Waals surface area contributed by atoms with E-state index < -0.39 is 5.97 Å². The van der Waals surface area contributed by atoms with Gasteiger partial charge in [-0.15, -0.1) is 11.8 Å². The third-order valence-corrected chi connectivity index (χ3v) is 5.75. The van der Waals surface area contributed by atoms with Crippen LogP contribution in [0.3, 0.4) is 0 Å². The minimum absolute atomic E-state index is 0.0814. The lowest BCUT2D eigenvalue weighted by molar-refractivity contribution is -0.124. The number of benzene rings is 2. The van der Waals surface area contributed by atoms with Gasteiger partial charge in [0.15, 0.2) is 6.61 Å². The summed E-state index contributed by atoms with van der Waals surface area (Å²) in [6.07, 6.45) is 1.39. The van der Waals surface area contributed by atoms with Gasteiger partial charge in [-0.3, -0.25) is 9.59 Å². The molecule has 2 aromatic carbocycles. The summed E-state index contributed by atoms with van der Waals surface area (Å²) in [4.78, 5) is 37.1. The fraction of sp³-hybridized carbons (Fsp3) is 0.318. The first-order chi connectivity index (χ1) is 14.0. The molecule has 0 bridgehead atoms. The Kier molecular flexibility index (Phi) is 6.93. The second kappa shape index (κ2) is 9.60. The molecule has 0 unspecified atom stereocenters. The molecule has 0 saturated carbocycles. The molecule has 1 aliphatic heterocycles. The van der Waals surface area contributed by atoms with Gasteiger partial charge in [0.25, 0.3) is 5.91 Å². The van der Waals surface area contributed by atoms with E-state index in [-0.39, 0.29) is 24.5 Å². The SMILES string of the molecule is CCc1ccc([C@H](C)NC(=O)COC(=O)c2ccc3c(c2)NC(=O)CCS3)cc1. The number of amides is 2. The molecular weight excluding hydrogens is 388 g/mol. The molecule has 1 aliphatic rings. The number of fused-ring (bicyclic) bond motifs is 1. The number of rotatable bonds is 6. The molecule has 0 radical (unpaired) electrons. The summed E-state index contributed by atoms with van der Waals surface area (Å²) in [5.41, 5.74) is 3.11. The molecule has 1 atom stereocenters. The smallest absolute Gasteiger partial charge is 0.338 e. The van der Waals surface area contributed by atoms with Crippen molar-refractivity contribution in [2.45, 2.75) is 37.6 Å². The van der Waals surface area contributed by atoms with Gasteiger partial charge < -0.3 is 15.4 Å². The van der Waals surface area contributed by atoms with Crippen LogP contribution in [0.15, 0.2) is 47.4 Å². The number of hydrogen-bond donors (Lipinski definition) is 2. The monoisotopic (exact) mass is 412 g/mol. The Bertz CT molecular complexity index is 912. The lowest BCUT2D eigenvalue weighted by Crippen LogP contribution is -2.31. The van der Waals surface area contributed by atoms with Gasteiger partial charge in [-0.2, -0.15) is 0 Å². The third-order valence-electron chi connectivity index (χ3n) is 4.68. The van der Waals surface area contributed by atoms with Crippen LogP contribution in [0.5, 0.6) is 0 Å². The number of anilines is 1. The average Bonchev–Trinajstić information content (AvgIpc) is 2.91. The fourth-order valence-corrected chi connectivity index (χ4v) is 3.91. The quantitative estimate of drug-likeness (QED) is 0.707. The van der Waals surface area contributed by atoms with E-state index in [0.29, 0.717) is 23.4 Å². The summed E-state index contributed by atoms with van der Waals surface area (Å²) >= 11 is 1.56. The number of nitrogens with one attached hydrogen (secondary N) is 2. The summed E-state index contributed by atoms with van der Waals surface area (Å²) in [6, 6.07) is 12.9. The first-order valence-electron chi connectivity index (χ1n) is 9.58. The molecule has 2 amide bonds. The number of aryl methyl sites for hydroxylation is 1. The maximum absolute atomic E-state index is 12.3. The van der Waals surface area contributed by atoms with Crippen molar-refractivity contribution < 1.29 is 19.1 Å². The predicted molar refractivity (Wildman–Crippen MR) is 113 cm³/mol. The Morgan fingerprint density at radius 1 is 1.21 bits per heavy atom. The largest absolute Gasteiger partial charge is 0.452 e. The summed E-state index contributed by atoms with van der Waals surface area (Å²) in [5.74, 6) is -0.361. The Labute approximate surface area is 174 Å². The van der Waals surface area contributed by atoms with Gasteiger partial charge in [0, 0.05) is 17.1 Å². The van der Waals surface area contributed by atoms with Crippen LogP contribution in [0.1, 0.15) is 47.8 Å². The summed E-state index contributed by atoms with van der Waals surface area (Å²) < 4.78 is 5.14.